The van der Waals surface area contributed by atoms with Crippen molar-refractivity contribution in [3.63, 3.8) is 0 Å². The number of sulfone groups is 1. The van der Waals surface area contributed by atoms with Gasteiger partial charge in [-0.25, -0.2) is 12.8 Å². The summed E-state index contributed by atoms with van der Waals surface area (Å²) < 4.78 is 115. The molecule has 2 aromatic rings. The van der Waals surface area contributed by atoms with E-state index in [1.54, 1.807) is 0 Å². The third-order valence-electron chi connectivity index (χ3n) is 3.15. The maximum absolute atomic E-state index is 13.4. The van der Waals surface area contributed by atoms with Crippen molar-refractivity contribution in [1.82, 2.24) is 0 Å². The molecule has 2 aromatic carbocycles. The van der Waals surface area contributed by atoms with Crippen molar-refractivity contribution < 1.29 is 39.2 Å². The van der Waals surface area contributed by atoms with Gasteiger partial charge < -0.3 is 5.73 Å². The van der Waals surface area contributed by atoms with Crippen LogP contribution in [-0.2, 0) is 22.2 Å². The van der Waals surface area contributed by atoms with Crippen molar-refractivity contribution >= 4 is 15.5 Å². The molecule has 25 heavy (non-hydrogen) atoms. The van der Waals surface area contributed by atoms with Crippen LogP contribution in [0.2, 0.25) is 0 Å². The maximum atomic E-state index is 13.4. The van der Waals surface area contributed by atoms with Crippen molar-refractivity contribution in [3.05, 3.63) is 53.3 Å². The monoisotopic (exact) mass is 387 g/mol. The van der Waals surface area contributed by atoms with Gasteiger partial charge >= 0.3 is 12.4 Å². The van der Waals surface area contributed by atoms with Gasteiger partial charge in [0.15, 0.2) is 0 Å². The van der Waals surface area contributed by atoms with Gasteiger partial charge in [-0.2, -0.15) is 26.3 Å². The molecule has 3 nitrogen and oxygen atoms in total. The molecule has 0 aliphatic carbocycles. The molecule has 0 aromatic heterocycles. The van der Waals surface area contributed by atoms with Crippen LogP contribution in [0.15, 0.2) is 46.2 Å². The summed E-state index contributed by atoms with van der Waals surface area (Å²) in [5.41, 5.74) is 1.14. The lowest BCUT2D eigenvalue weighted by molar-refractivity contribution is -0.143. The lowest BCUT2D eigenvalue weighted by atomic mass is 10.1. The van der Waals surface area contributed by atoms with Crippen LogP contribution < -0.4 is 5.73 Å². The number of alkyl halides is 6. The van der Waals surface area contributed by atoms with E-state index in [1.165, 1.54) is 0 Å². The first-order valence-electron chi connectivity index (χ1n) is 6.32. The molecule has 0 spiro atoms. The minimum atomic E-state index is -5.21. The molecule has 2 N–H and O–H groups in total. The van der Waals surface area contributed by atoms with E-state index in [0.717, 1.165) is 12.1 Å². The molecule has 0 aliphatic rings. The van der Waals surface area contributed by atoms with E-state index in [1.807, 2.05) is 0 Å². The highest BCUT2D eigenvalue weighted by molar-refractivity contribution is 7.91. The number of anilines is 1. The van der Waals surface area contributed by atoms with E-state index >= 15 is 0 Å². The number of hydrogen-bond donors (Lipinski definition) is 1. The highest BCUT2D eigenvalue weighted by Crippen LogP contribution is 2.38. The summed E-state index contributed by atoms with van der Waals surface area (Å²) in [6.45, 7) is 0. The van der Waals surface area contributed by atoms with Crippen LogP contribution in [0.5, 0.6) is 0 Å². The minimum Gasteiger partial charge on any atom is -0.396 e. The van der Waals surface area contributed by atoms with Crippen LogP contribution in [0, 0.1) is 5.82 Å². The zero-order chi connectivity index (χ0) is 19.2. The average molecular weight is 387 g/mol. The smallest absolute Gasteiger partial charge is 0.396 e. The molecule has 11 heteroatoms. The molecule has 136 valence electrons. The lowest BCUT2D eigenvalue weighted by Gasteiger charge is -2.14. The van der Waals surface area contributed by atoms with Crippen LogP contribution in [0.4, 0.5) is 36.4 Å². The number of hydrogen-bond acceptors (Lipinski definition) is 3. The van der Waals surface area contributed by atoms with Crippen LogP contribution in [0.1, 0.15) is 11.1 Å². The van der Waals surface area contributed by atoms with E-state index in [0.29, 0.717) is 6.07 Å². The van der Waals surface area contributed by atoms with E-state index in [4.69, 9.17) is 5.73 Å². The highest BCUT2D eigenvalue weighted by Gasteiger charge is 2.38. The molecule has 0 amide bonds. The second kappa shape index (κ2) is 5.90. The molecule has 0 saturated carbocycles. The van der Waals surface area contributed by atoms with Gasteiger partial charge in [-0.1, -0.05) is 0 Å². The normalized spacial score (nSPS) is 13.1. The van der Waals surface area contributed by atoms with Crippen molar-refractivity contribution in [3.8, 4) is 0 Å². The minimum absolute atomic E-state index is 0.0544. The van der Waals surface area contributed by atoms with Crippen molar-refractivity contribution in [2.75, 3.05) is 5.73 Å². The molecule has 2 rings (SSSR count). The quantitative estimate of drug-likeness (QED) is 0.618. The molecule has 0 atom stereocenters. The molecule has 0 fully saturated rings. The number of benzene rings is 2. The molecule has 0 radical (unpaired) electrons. The van der Waals surface area contributed by atoms with Crippen LogP contribution >= 0.6 is 0 Å². The van der Waals surface area contributed by atoms with E-state index < -0.39 is 54.6 Å². The Morgan fingerprint density at radius 3 is 1.64 bits per heavy atom. The Morgan fingerprint density at radius 1 is 0.760 bits per heavy atom. The van der Waals surface area contributed by atoms with Gasteiger partial charge in [0.1, 0.15) is 5.82 Å². The van der Waals surface area contributed by atoms with Crippen LogP contribution in [0.25, 0.3) is 0 Å². The molecular weight excluding hydrogens is 379 g/mol. The molecule has 0 saturated heterocycles. The summed E-state index contributed by atoms with van der Waals surface area (Å²) in [6, 6.07) is 1.93. The second-order valence-electron chi connectivity index (χ2n) is 4.93. The zero-order valence-electron chi connectivity index (χ0n) is 11.9. The number of rotatable bonds is 2. The Bertz CT molecular complexity index is 886. The zero-order valence-corrected chi connectivity index (χ0v) is 12.7. The number of halogens is 7. The summed E-state index contributed by atoms with van der Waals surface area (Å²) in [4.78, 5) is -2.09. The molecule has 0 bridgehead atoms. The van der Waals surface area contributed by atoms with E-state index in [2.05, 4.69) is 0 Å². The summed E-state index contributed by atoms with van der Waals surface area (Å²) in [5.74, 6) is -1.18. The summed E-state index contributed by atoms with van der Waals surface area (Å²) in [5, 5.41) is 0. The summed E-state index contributed by atoms with van der Waals surface area (Å²) in [7, 11) is -4.84. The van der Waals surface area contributed by atoms with Gasteiger partial charge in [-0.05, 0) is 36.4 Å². The number of nitrogen functional groups attached to an aromatic ring is 1. The first kappa shape index (κ1) is 19.0. The molecule has 0 heterocycles. The predicted molar refractivity (Wildman–Crippen MR) is 72.7 cm³/mol. The first-order chi connectivity index (χ1) is 11.2. The van der Waals surface area contributed by atoms with Gasteiger partial charge in [-0.3, -0.25) is 0 Å². The third kappa shape index (κ3) is 3.86. The fourth-order valence-electron chi connectivity index (χ4n) is 1.89. The van der Waals surface area contributed by atoms with Gasteiger partial charge in [-0.15, -0.1) is 0 Å². The summed E-state index contributed by atoms with van der Waals surface area (Å²) in [6.07, 6.45) is -10.4. The van der Waals surface area contributed by atoms with Crippen LogP contribution in [-0.4, -0.2) is 8.42 Å². The number of nitrogens with two attached hydrogens (primary N) is 1. The highest BCUT2D eigenvalue weighted by atomic mass is 32.2. The summed E-state index contributed by atoms with van der Waals surface area (Å²) >= 11 is 0. The molecular formula is C14H8F7NO2S. The Labute approximate surface area is 136 Å². The average Bonchev–Trinajstić information content (AvgIpc) is 2.47. The van der Waals surface area contributed by atoms with Crippen molar-refractivity contribution in [1.29, 1.82) is 0 Å². The SMILES string of the molecule is Nc1ccc(S(=O)(=O)c2cc(C(F)(F)F)cc(C(F)(F)F)c2)cc1F. The standard InChI is InChI=1S/C14H8F7NO2S/c15-11-6-9(1-2-12(11)22)25(23,24)10-4-7(13(16,17)18)3-8(5-10)14(19,20)21/h1-6H,22H2. The van der Waals surface area contributed by atoms with Crippen LogP contribution in [0.3, 0.4) is 0 Å². The van der Waals surface area contributed by atoms with E-state index in [-0.39, 0.29) is 18.2 Å². The molecule has 0 aliphatic heterocycles. The predicted octanol–water partition coefficient (Wildman–Crippen LogP) is 4.28. The molecule has 0 unspecified atom stereocenters. The van der Waals surface area contributed by atoms with Gasteiger partial charge in [0, 0.05) is 0 Å². The first-order valence-corrected chi connectivity index (χ1v) is 7.81. The Hall–Kier alpha value is -2.30. The fraction of sp³-hybridized carbons (Fsp3) is 0.143. The van der Waals surface area contributed by atoms with E-state index in [9.17, 15) is 39.2 Å². The van der Waals surface area contributed by atoms with Crippen molar-refractivity contribution in [2.45, 2.75) is 22.1 Å². The Morgan fingerprint density at radius 2 is 1.24 bits per heavy atom. The second-order valence-corrected chi connectivity index (χ2v) is 6.88. The van der Waals surface area contributed by atoms with Gasteiger partial charge in [0.25, 0.3) is 0 Å². The van der Waals surface area contributed by atoms with Crippen molar-refractivity contribution in [2.24, 2.45) is 0 Å². The van der Waals surface area contributed by atoms with Gasteiger partial charge in [0.2, 0.25) is 9.84 Å². The maximum Gasteiger partial charge on any atom is 0.416 e. The fourth-order valence-corrected chi connectivity index (χ4v) is 3.23. The topological polar surface area (TPSA) is 60.2 Å². The lowest BCUT2D eigenvalue weighted by Crippen LogP contribution is -2.14. The Kier molecular flexibility index (Phi) is 4.49. The Balaban J connectivity index is 2.74. The van der Waals surface area contributed by atoms with Gasteiger partial charge in [0.05, 0.1) is 26.6 Å². The largest absolute Gasteiger partial charge is 0.416 e. The third-order valence-corrected chi connectivity index (χ3v) is 4.88.